The lowest BCUT2D eigenvalue weighted by Crippen LogP contribution is -2.54. The van der Waals surface area contributed by atoms with Crippen LogP contribution in [0, 0.1) is 6.92 Å². The first-order valence-electron chi connectivity index (χ1n) is 7.68. The van der Waals surface area contributed by atoms with Gasteiger partial charge in [0, 0.05) is 37.1 Å². The van der Waals surface area contributed by atoms with Crippen molar-refractivity contribution in [2.24, 2.45) is 0 Å². The smallest absolute Gasteiger partial charge is 0.337 e. The number of carboxylic acids is 1. The van der Waals surface area contributed by atoms with Gasteiger partial charge in [0.1, 0.15) is 0 Å². The topological polar surface area (TPSA) is 69.8 Å². The quantitative estimate of drug-likeness (QED) is 0.814. The van der Waals surface area contributed by atoms with Gasteiger partial charge in [0.2, 0.25) is 0 Å². The molecule has 2 aliphatic rings. The normalized spacial score (nSPS) is 22.9. The van der Waals surface area contributed by atoms with Gasteiger partial charge in [-0.2, -0.15) is 0 Å². The maximum absolute atomic E-state index is 11.3. The molecule has 0 aromatic heterocycles. The molecular formula is C16H23N3O2. The largest absolute Gasteiger partial charge is 0.478 e. The number of nitrogens with zero attached hydrogens (tertiary/aromatic N) is 2. The van der Waals surface area contributed by atoms with Gasteiger partial charge in [-0.3, -0.25) is 4.90 Å². The molecule has 21 heavy (non-hydrogen) atoms. The number of carboxylic acid groups (broad SMARTS) is 1. The van der Waals surface area contributed by atoms with Crippen LogP contribution in [-0.4, -0.2) is 48.2 Å². The number of rotatable bonds is 2. The lowest BCUT2D eigenvalue weighted by Gasteiger charge is -2.45. The minimum Gasteiger partial charge on any atom is -0.478 e. The highest BCUT2D eigenvalue weighted by atomic mass is 16.4. The third-order valence-corrected chi connectivity index (χ3v) is 4.80. The average molecular weight is 289 g/mol. The highest BCUT2D eigenvalue weighted by molar-refractivity contribution is 5.95. The van der Waals surface area contributed by atoms with Crippen LogP contribution in [0.3, 0.4) is 0 Å². The van der Waals surface area contributed by atoms with Gasteiger partial charge in [0.25, 0.3) is 0 Å². The van der Waals surface area contributed by atoms with Gasteiger partial charge in [-0.15, -0.1) is 0 Å². The Labute approximate surface area is 125 Å². The van der Waals surface area contributed by atoms with Crippen molar-refractivity contribution in [2.75, 3.05) is 36.8 Å². The van der Waals surface area contributed by atoms with Gasteiger partial charge in [-0.05, 0) is 44.0 Å². The van der Waals surface area contributed by atoms with E-state index in [1.807, 2.05) is 13.0 Å². The van der Waals surface area contributed by atoms with Gasteiger partial charge in [-0.25, -0.2) is 4.79 Å². The van der Waals surface area contributed by atoms with Gasteiger partial charge in [0.05, 0.1) is 5.56 Å². The van der Waals surface area contributed by atoms with Crippen molar-refractivity contribution in [1.29, 1.82) is 0 Å². The fraction of sp³-hybridized carbons (Fsp3) is 0.562. The minimum absolute atomic E-state index is 0.219. The summed E-state index contributed by atoms with van der Waals surface area (Å²) in [4.78, 5) is 16.2. The van der Waals surface area contributed by atoms with E-state index in [1.54, 1.807) is 6.07 Å². The van der Waals surface area contributed by atoms with E-state index >= 15 is 0 Å². The maximum Gasteiger partial charge on any atom is 0.337 e. The Bertz CT molecular complexity index is 559. The Balaban J connectivity index is 1.85. The lowest BCUT2D eigenvalue weighted by atomic mass is 9.98. The van der Waals surface area contributed by atoms with Gasteiger partial charge in [0.15, 0.2) is 0 Å². The van der Waals surface area contributed by atoms with E-state index in [4.69, 9.17) is 5.73 Å². The number of hydrogen-bond donors (Lipinski definition) is 2. The third-order valence-electron chi connectivity index (χ3n) is 4.80. The molecule has 5 nitrogen and oxygen atoms in total. The molecular weight excluding hydrogens is 266 g/mol. The molecule has 1 aromatic rings. The molecule has 0 amide bonds. The predicted octanol–water partition coefficient (Wildman–Crippen LogP) is 1.95. The SMILES string of the molecule is Cc1cc(N2CCN3CCCCC3C2)cc(C(=O)O)c1N. The molecule has 2 fully saturated rings. The molecule has 1 atom stereocenters. The second-order valence-corrected chi connectivity index (χ2v) is 6.16. The van der Waals surface area contributed by atoms with Crippen molar-refractivity contribution in [1.82, 2.24) is 4.90 Å². The standard InChI is InChI=1S/C16H23N3O2/c1-11-8-13(9-14(15(11)17)16(20)21)19-7-6-18-5-3-2-4-12(18)10-19/h8-9,12H,2-7,10,17H2,1H3,(H,20,21). The fourth-order valence-electron chi connectivity index (χ4n) is 3.53. The molecule has 0 aliphatic carbocycles. The zero-order valence-electron chi connectivity index (χ0n) is 12.5. The summed E-state index contributed by atoms with van der Waals surface area (Å²) >= 11 is 0. The molecule has 2 aliphatic heterocycles. The molecule has 1 aromatic carbocycles. The maximum atomic E-state index is 11.3. The minimum atomic E-state index is -0.950. The van der Waals surface area contributed by atoms with Crippen molar-refractivity contribution in [3.05, 3.63) is 23.3 Å². The van der Waals surface area contributed by atoms with Crippen LogP contribution < -0.4 is 10.6 Å². The number of piperazine rings is 1. The molecule has 3 N–H and O–H groups in total. The highest BCUT2D eigenvalue weighted by Gasteiger charge is 2.29. The number of benzene rings is 1. The molecule has 0 saturated carbocycles. The van der Waals surface area contributed by atoms with E-state index in [0.29, 0.717) is 11.7 Å². The average Bonchev–Trinajstić information content (AvgIpc) is 2.49. The van der Waals surface area contributed by atoms with E-state index in [1.165, 1.54) is 25.8 Å². The number of piperidine rings is 1. The summed E-state index contributed by atoms with van der Waals surface area (Å²) in [6, 6.07) is 4.35. The first-order valence-corrected chi connectivity index (χ1v) is 7.68. The summed E-state index contributed by atoms with van der Waals surface area (Å²) in [6.07, 6.45) is 3.85. The van der Waals surface area contributed by atoms with Crippen molar-refractivity contribution in [3.63, 3.8) is 0 Å². The Morgan fingerprint density at radius 1 is 1.29 bits per heavy atom. The summed E-state index contributed by atoms with van der Waals surface area (Å²) < 4.78 is 0. The first kappa shape index (κ1) is 14.2. The summed E-state index contributed by atoms with van der Waals surface area (Å²) in [5.41, 5.74) is 8.31. The van der Waals surface area contributed by atoms with Crippen LogP contribution in [0.2, 0.25) is 0 Å². The van der Waals surface area contributed by atoms with Crippen molar-refractivity contribution >= 4 is 17.3 Å². The zero-order chi connectivity index (χ0) is 15.0. The van der Waals surface area contributed by atoms with E-state index < -0.39 is 5.97 Å². The van der Waals surface area contributed by atoms with E-state index in [-0.39, 0.29) is 5.56 Å². The van der Waals surface area contributed by atoms with E-state index in [0.717, 1.165) is 30.9 Å². The molecule has 0 bridgehead atoms. The summed E-state index contributed by atoms with van der Waals surface area (Å²) in [5.74, 6) is -0.950. The number of aromatic carboxylic acids is 1. The summed E-state index contributed by atoms with van der Waals surface area (Å²) in [7, 11) is 0. The molecule has 2 heterocycles. The second kappa shape index (κ2) is 5.56. The van der Waals surface area contributed by atoms with Gasteiger partial charge in [-0.1, -0.05) is 6.42 Å². The van der Waals surface area contributed by atoms with E-state index in [9.17, 15) is 9.90 Å². The van der Waals surface area contributed by atoms with Crippen LogP contribution in [0.25, 0.3) is 0 Å². The first-order chi connectivity index (χ1) is 10.1. The Kier molecular flexibility index (Phi) is 3.76. The van der Waals surface area contributed by atoms with Crippen LogP contribution in [-0.2, 0) is 0 Å². The number of anilines is 2. The van der Waals surface area contributed by atoms with Crippen molar-refractivity contribution in [2.45, 2.75) is 32.2 Å². The van der Waals surface area contributed by atoms with Crippen molar-refractivity contribution in [3.8, 4) is 0 Å². The molecule has 5 heteroatoms. The Morgan fingerprint density at radius 3 is 2.86 bits per heavy atom. The Morgan fingerprint density at radius 2 is 2.10 bits per heavy atom. The van der Waals surface area contributed by atoms with Crippen LogP contribution in [0.1, 0.15) is 35.2 Å². The third kappa shape index (κ3) is 2.70. The van der Waals surface area contributed by atoms with Crippen LogP contribution >= 0.6 is 0 Å². The second-order valence-electron chi connectivity index (χ2n) is 6.16. The highest BCUT2D eigenvalue weighted by Crippen LogP contribution is 2.29. The number of nitrogen functional groups attached to an aromatic ring is 1. The number of fused-ring (bicyclic) bond motifs is 1. The number of carbonyl (C=O) groups is 1. The summed E-state index contributed by atoms with van der Waals surface area (Å²) in [6.45, 7) is 6.10. The van der Waals surface area contributed by atoms with Crippen LogP contribution in [0.15, 0.2) is 12.1 Å². The molecule has 0 radical (unpaired) electrons. The molecule has 2 saturated heterocycles. The molecule has 3 rings (SSSR count). The number of nitrogens with two attached hydrogens (primary N) is 1. The Hall–Kier alpha value is -1.75. The van der Waals surface area contributed by atoms with Crippen LogP contribution in [0.4, 0.5) is 11.4 Å². The van der Waals surface area contributed by atoms with Gasteiger partial charge < -0.3 is 15.7 Å². The van der Waals surface area contributed by atoms with Crippen LogP contribution in [0.5, 0.6) is 0 Å². The summed E-state index contributed by atoms with van der Waals surface area (Å²) in [5, 5.41) is 9.29. The molecule has 1 unspecified atom stereocenters. The number of aryl methyl sites for hydroxylation is 1. The lowest BCUT2D eigenvalue weighted by molar-refractivity contribution is 0.0698. The van der Waals surface area contributed by atoms with Gasteiger partial charge >= 0.3 is 5.97 Å². The van der Waals surface area contributed by atoms with Crippen molar-refractivity contribution < 1.29 is 9.90 Å². The zero-order valence-corrected chi connectivity index (χ0v) is 12.5. The predicted molar refractivity (Wildman–Crippen MR) is 84.0 cm³/mol. The fourth-order valence-corrected chi connectivity index (χ4v) is 3.53. The number of hydrogen-bond acceptors (Lipinski definition) is 4. The molecule has 114 valence electrons. The van der Waals surface area contributed by atoms with E-state index in [2.05, 4.69) is 9.80 Å². The monoisotopic (exact) mass is 289 g/mol. The molecule has 0 spiro atoms.